The number of Topliss-reactive ketones (excluding diaryl/α,β-unsaturated/α-hetero) is 1. The fourth-order valence-corrected chi connectivity index (χ4v) is 7.20. The van der Waals surface area contributed by atoms with E-state index in [9.17, 15) is 9.59 Å². The van der Waals surface area contributed by atoms with E-state index in [0.717, 1.165) is 60.7 Å². The number of likely N-dealkylation sites (tertiary alicyclic amines) is 2. The van der Waals surface area contributed by atoms with Crippen molar-refractivity contribution in [3.05, 3.63) is 57.7 Å². The van der Waals surface area contributed by atoms with Crippen LogP contribution in [0.3, 0.4) is 0 Å². The normalized spacial score (nSPS) is 20.2. The summed E-state index contributed by atoms with van der Waals surface area (Å²) in [6.07, 6.45) is 3.83. The molecule has 1 atom stereocenters. The second-order valence-electron chi connectivity index (χ2n) is 12.9. The lowest BCUT2D eigenvalue weighted by atomic mass is 9.86. The van der Waals surface area contributed by atoms with Crippen LogP contribution in [-0.2, 0) is 27.8 Å². The lowest BCUT2D eigenvalue weighted by Gasteiger charge is -2.38. The highest BCUT2D eigenvalue weighted by atomic mass is 35.5. The molecule has 224 valence electrons. The SMILES string of the molecule is C=CC(=O)N1CC(CC(=O)c2c(Cl)nc(CCc3[nH]nc4cc(Cl)c(C(C)(C)C)cc34)n2[C@@H]2CCN(C3COC3)C2)C1. The molecule has 5 heterocycles. The van der Waals surface area contributed by atoms with Gasteiger partial charge in [-0.15, -0.1) is 0 Å². The van der Waals surface area contributed by atoms with Gasteiger partial charge in [-0.25, -0.2) is 4.98 Å². The van der Waals surface area contributed by atoms with E-state index in [0.29, 0.717) is 49.1 Å². The first kappa shape index (κ1) is 29.4. The number of nitrogens with one attached hydrogen (secondary N) is 1. The van der Waals surface area contributed by atoms with Crippen molar-refractivity contribution in [1.82, 2.24) is 29.5 Å². The van der Waals surface area contributed by atoms with Crippen LogP contribution in [0.1, 0.15) is 67.2 Å². The van der Waals surface area contributed by atoms with Gasteiger partial charge in [-0.1, -0.05) is 50.6 Å². The van der Waals surface area contributed by atoms with Crippen LogP contribution >= 0.6 is 23.2 Å². The molecule has 6 rings (SSSR count). The van der Waals surface area contributed by atoms with E-state index in [4.69, 9.17) is 32.9 Å². The number of imidazole rings is 1. The molecule has 0 bridgehead atoms. The van der Waals surface area contributed by atoms with Crippen LogP contribution in [-0.4, -0.2) is 86.7 Å². The highest BCUT2D eigenvalue weighted by Crippen LogP contribution is 2.35. The van der Waals surface area contributed by atoms with Gasteiger partial charge in [0, 0.05) is 67.1 Å². The predicted molar refractivity (Wildman–Crippen MR) is 163 cm³/mol. The minimum absolute atomic E-state index is 0.0173. The van der Waals surface area contributed by atoms with Crippen molar-refractivity contribution in [2.75, 3.05) is 39.4 Å². The van der Waals surface area contributed by atoms with Gasteiger partial charge in [-0.2, -0.15) is 5.10 Å². The maximum atomic E-state index is 13.7. The van der Waals surface area contributed by atoms with Crippen LogP contribution in [0.5, 0.6) is 0 Å². The second-order valence-corrected chi connectivity index (χ2v) is 13.7. The van der Waals surface area contributed by atoms with Crippen molar-refractivity contribution in [1.29, 1.82) is 0 Å². The zero-order valence-electron chi connectivity index (χ0n) is 24.5. The number of ketones is 1. The molecular weight excluding hydrogens is 575 g/mol. The lowest BCUT2D eigenvalue weighted by Crippen LogP contribution is -2.50. The van der Waals surface area contributed by atoms with Gasteiger partial charge in [0.25, 0.3) is 0 Å². The summed E-state index contributed by atoms with van der Waals surface area (Å²) in [6.45, 7) is 14.4. The number of benzene rings is 1. The number of aromatic nitrogens is 4. The van der Waals surface area contributed by atoms with Gasteiger partial charge in [0.15, 0.2) is 10.9 Å². The van der Waals surface area contributed by atoms with Gasteiger partial charge in [0.2, 0.25) is 5.91 Å². The highest BCUT2D eigenvalue weighted by Gasteiger charge is 2.38. The van der Waals surface area contributed by atoms with Crippen molar-refractivity contribution in [2.24, 2.45) is 5.92 Å². The lowest BCUT2D eigenvalue weighted by molar-refractivity contribution is -0.132. The molecule has 3 aliphatic heterocycles. The Hall–Kier alpha value is -2.72. The van der Waals surface area contributed by atoms with Crippen molar-refractivity contribution in [3.8, 4) is 0 Å². The van der Waals surface area contributed by atoms with Gasteiger partial charge in [0.05, 0.1) is 24.8 Å². The van der Waals surface area contributed by atoms with Gasteiger partial charge in [-0.05, 0) is 42.0 Å². The van der Waals surface area contributed by atoms with E-state index in [1.807, 2.05) is 6.07 Å². The number of fused-ring (bicyclic) bond motifs is 1. The Labute approximate surface area is 256 Å². The van der Waals surface area contributed by atoms with E-state index in [-0.39, 0.29) is 34.2 Å². The quantitative estimate of drug-likeness (QED) is 0.269. The van der Waals surface area contributed by atoms with E-state index in [2.05, 4.69) is 53.1 Å². The Morgan fingerprint density at radius 3 is 2.57 bits per heavy atom. The number of hydrogen-bond acceptors (Lipinski definition) is 6. The number of ether oxygens (including phenoxy) is 1. The summed E-state index contributed by atoms with van der Waals surface area (Å²) in [5, 5.41) is 9.75. The van der Waals surface area contributed by atoms with E-state index in [1.54, 1.807) is 4.90 Å². The minimum atomic E-state index is -0.102. The van der Waals surface area contributed by atoms with Crippen LogP contribution < -0.4 is 0 Å². The molecule has 3 saturated heterocycles. The van der Waals surface area contributed by atoms with Gasteiger partial charge in [0.1, 0.15) is 11.5 Å². The molecule has 9 nitrogen and oxygen atoms in total. The first-order valence-corrected chi connectivity index (χ1v) is 15.5. The molecule has 3 aromatic rings. The average molecular weight is 614 g/mol. The summed E-state index contributed by atoms with van der Waals surface area (Å²) in [4.78, 5) is 34.5. The molecule has 1 N–H and O–H groups in total. The number of amides is 1. The fourth-order valence-electron chi connectivity index (χ4n) is 6.47. The molecule has 0 saturated carbocycles. The number of H-pyrrole nitrogens is 1. The first-order chi connectivity index (χ1) is 20.0. The van der Waals surface area contributed by atoms with Gasteiger partial charge in [-0.3, -0.25) is 19.6 Å². The summed E-state index contributed by atoms with van der Waals surface area (Å²) in [6, 6.07) is 4.59. The molecule has 0 aliphatic carbocycles. The number of rotatable bonds is 9. The van der Waals surface area contributed by atoms with Crippen LogP contribution in [0.2, 0.25) is 10.2 Å². The number of halogens is 2. The Balaban J connectivity index is 1.26. The summed E-state index contributed by atoms with van der Waals surface area (Å²) in [5.41, 5.74) is 3.31. The average Bonchev–Trinajstić information content (AvgIpc) is 3.58. The molecule has 3 fully saturated rings. The zero-order chi connectivity index (χ0) is 29.8. The van der Waals surface area contributed by atoms with Crippen LogP contribution in [0.15, 0.2) is 24.8 Å². The fraction of sp³-hybridized carbons (Fsp3) is 0.548. The molecule has 2 aromatic heterocycles. The van der Waals surface area contributed by atoms with Gasteiger partial charge < -0.3 is 14.2 Å². The van der Waals surface area contributed by atoms with Crippen molar-refractivity contribution in [3.63, 3.8) is 0 Å². The molecule has 1 amide bonds. The van der Waals surface area contributed by atoms with Gasteiger partial charge >= 0.3 is 0 Å². The minimum Gasteiger partial charge on any atom is -0.378 e. The first-order valence-electron chi connectivity index (χ1n) is 14.7. The molecule has 3 aliphatic rings. The molecule has 11 heteroatoms. The maximum absolute atomic E-state index is 13.7. The summed E-state index contributed by atoms with van der Waals surface area (Å²) < 4.78 is 7.55. The van der Waals surface area contributed by atoms with Crippen molar-refractivity contribution >= 4 is 45.8 Å². The molecule has 0 unspecified atom stereocenters. The Morgan fingerprint density at radius 2 is 1.90 bits per heavy atom. The van der Waals surface area contributed by atoms with E-state index < -0.39 is 0 Å². The highest BCUT2D eigenvalue weighted by molar-refractivity contribution is 6.33. The predicted octanol–water partition coefficient (Wildman–Crippen LogP) is 5.01. The third-order valence-electron chi connectivity index (χ3n) is 8.95. The second kappa shape index (κ2) is 11.4. The largest absolute Gasteiger partial charge is 0.378 e. The molecule has 1 aromatic carbocycles. The van der Waals surface area contributed by atoms with Crippen LogP contribution in [0.4, 0.5) is 0 Å². The summed E-state index contributed by atoms with van der Waals surface area (Å²) in [7, 11) is 0. The maximum Gasteiger partial charge on any atom is 0.245 e. The standard InChI is InChI=1S/C31H38Cl2N6O3/c1-5-28(41)38-13-18(14-38)10-26(40)29-30(33)34-27(39(29)19-8-9-37(15-19)20-16-42-17-20)7-6-24-21-11-22(31(2,3)4)23(32)12-25(21)36-35-24/h5,11-12,18-20H,1,6-10,13-17H2,2-4H3,(H,35,36)/t19-/m1/s1. The summed E-state index contributed by atoms with van der Waals surface area (Å²) >= 11 is 13.3. The molecule has 0 spiro atoms. The smallest absolute Gasteiger partial charge is 0.245 e. The zero-order valence-corrected chi connectivity index (χ0v) is 26.0. The Bertz CT molecular complexity index is 1530. The molecule has 42 heavy (non-hydrogen) atoms. The number of carbonyl (C=O) groups excluding carboxylic acids is 2. The van der Waals surface area contributed by atoms with Crippen molar-refractivity contribution < 1.29 is 14.3 Å². The topological polar surface area (TPSA) is 96.3 Å². The number of nitrogens with zero attached hydrogens (tertiary/aromatic N) is 5. The third-order valence-corrected chi connectivity index (χ3v) is 9.52. The van der Waals surface area contributed by atoms with Crippen LogP contribution in [0, 0.1) is 5.92 Å². The molecule has 0 radical (unpaired) electrons. The number of hydrogen-bond donors (Lipinski definition) is 1. The third kappa shape index (κ3) is 5.52. The Morgan fingerprint density at radius 1 is 1.14 bits per heavy atom. The number of aromatic amines is 1. The number of aryl methyl sites for hydroxylation is 2. The van der Waals surface area contributed by atoms with E-state index >= 15 is 0 Å². The Kier molecular flexibility index (Phi) is 7.98. The number of carbonyl (C=O) groups is 2. The summed E-state index contributed by atoms with van der Waals surface area (Å²) in [5.74, 6) is 0.802. The monoisotopic (exact) mass is 612 g/mol. The molecular formula is C31H38Cl2N6O3. The van der Waals surface area contributed by atoms with Crippen LogP contribution in [0.25, 0.3) is 10.9 Å². The van der Waals surface area contributed by atoms with Crippen molar-refractivity contribution in [2.45, 2.75) is 64.0 Å². The van der Waals surface area contributed by atoms with E-state index in [1.165, 1.54) is 6.08 Å².